The number of aliphatic hydroxyl groups excluding tert-OH is 1. The summed E-state index contributed by atoms with van der Waals surface area (Å²) >= 11 is 0. The third-order valence-corrected chi connectivity index (χ3v) is 5.53. The SMILES string of the molecule is O=C(CN1CCN(CC(O)COCc2ccccc2F)CC1)N1CCCCC1. The first-order valence-electron chi connectivity index (χ1n) is 10.3. The Balaban J connectivity index is 1.30. The van der Waals surface area contributed by atoms with E-state index in [1.165, 1.54) is 12.5 Å². The van der Waals surface area contributed by atoms with Crippen LogP contribution >= 0.6 is 0 Å². The molecule has 6 nitrogen and oxygen atoms in total. The van der Waals surface area contributed by atoms with Crippen LogP contribution in [-0.2, 0) is 16.1 Å². The van der Waals surface area contributed by atoms with E-state index in [1.807, 2.05) is 4.90 Å². The standard InChI is InChI=1S/C21H32FN3O3/c22-20-7-3-2-6-18(20)16-28-17-19(26)14-23-10-12-24(13-11-23)15-21(27)25-8-4-1-5-9-25/h2-3,6-7,19,26H,1,4-5,8-17H2. The molecular weight excluding hydrogens is 361 g/mol. The van der Waals surface area contributed by atoms with Crippen molar-refractivity contribution in [3.05, 3.63) is 35.6 Å². The van der Waals surface area contributed by atoms with Crippen LogP contribution in [0.15, 0.2) is 24.3 Å². The molecule has 2 aliphatic heterocycles. The molecule has 2 heterocycles. The number of hydrogen-bond acceptors (Lipinski definition) is 5. The summed E-state index contributed by atoms with van der Waals surface area (Å²) in [6, 6.07) is 6.51. The van der Waals surface area contributed by atoms with Gasteiger partial charge in [-0.3, -0.25) is 14.6 Å². The van der Waals surface area contributed by atoms with E-state index >= 15 is 0 Å². The Labute approximate surface area is 166 Å². The maximum absolute atomic E-state index is 13.6. The van der Waals surface area contributed by atoms with Crippen LogP contribution in [0.4, 0.5) is 4.39 Å². The van der Waals surface area contributed by atoms with Crippen molar-refractivity contribution < 1.29 is 19.0 Å². The minimum absolute atomic E-state index is 0.163. The largest absolute Gasteiger partial charge is 0.389 e. The number of piperazine rings is 1. The zero-order valence-electron chi connectivity index (χ0n) is 16.6. The number of amides is 1. The monoisotopic (exact) mass is 393 g/mol. The quantitative estimate of drug-likeness (QED) is 0.722. The molecule has 0 bridgehead atoms. The third-order valence-electron chi connectivity index (χ3n) is 5.53. The molecule has 0 radical (unpaired) electrons. The molecule has 2 saturated heterocycles. The van der Waals surface area contributed by atoms with Crippen LogP contribution in [0.2, 0.25) is 0 Å². The number of piperidine rings is 1. The van der Waals surface area contributed by atoms with Crippen LogP contribution in [0.25, 0.3) is 0 Å². The zero-order valence-corrected chi connectivity index (χ0v) is 16.6. The number of likely N-dealkylation sites (tertiary alicyclic amines) is 1. The summed E-state index contributed by atoms with van der Waals surface area (Å²) < 4.78 is 19.0. The Morgan fingerprint density at radius 1 is 1.04 bits per heavy atom. The van der Waals surface area contributed by atoms with Crippen molar-refractivity contribution in [3.63, 3.8) is 0 Å². The molecule has 2 fully saturated rings. The Hall–Kier alpha value is -1.54. The second kappa shape index (κ2) is 10.9. The maximum Gasteiger partial charge on any atom is 0.236 e. The first kappa shape index (κ1) is 21.2. The molecule has 28 heavy (non-hydrogen) atoms. The fourth-order valence-corrected chi connectivity index (χ4v) is 3.84. The second-order valence-electron chi connectivity index (χ2n) is 7.78. The van der Waals surface area contributed by atoms with Crippen molar-refractivity contribution in [3.8, 4) is 0 Å². The molecule has 0 aliphatic carbocycles. The van der Waals surface area contributed by atoms with E-state index in [-0.39, 0.29) is 24.9 Å². The molecule has 156 valence electrons. The average molecular weight is 394 g/mol. The van der Waals surface area contributed by atoms with Gasteiger partial charge in [-0.2, -0.15) is 0 Å². The highest BCUT2D eigenvalue weighted by Gasteiger charge is 2.23. The Kier molecular flexibility index (Phi) is 8.21. The molecule has 1 aromatic rings. The molecule has 7 heteroatoms. The topological polar surface area (TPSA) is 56.3 Å². The van der Waals surface area contributed by atoms with Gasteiger partial charge in [0.05, 0.1) is 25.9 Å². The van der Waals surface area contributed by atoms with Gasteiger partial charge >= 0.3 is 0 Å². The van der Waals surface area contributed by atoms with Crippen LogP contribution in [-0.4, -0.2) is 90.8 Å². The van der Waals surface area contributed by atoms with Gasteiger partial charge in [0, 0.05) is 51.4 Å². The van der Waals surface area contributed by atoms with E-state index in [0.29, 0.717) is 18.7 Å². The molecule has 0 saturated carbocycles. The molecule has 3 rings (SSSR count). The molecule has 1 amide bonds. The van der Waals surface area contributed by atoms with Gasteiger partial charge in [0.1, 0.15) is 5.82 Å². The van der Waals surface area contributed by atoms with Crippen molar-refractivity contribution in [2.75, 3.05) is 59.0 Å². The Bertz CT molecular complexity index is 617. The summed E-state index contributed by atoms with van der Waals surface area (Å²) in [4.78, 5) is 18.8. The van der Waals surface area contributed by atoms with E-state index in [2.05, 4.69) is 9.80 Å². The summed E-state index contributed by atoms with van der Waals surface area (Å²) in [5.41, 5.74) is 0.502. The van der Waals surface area contributed by atoms with Crippen molar-refractivity contribution in [2.45, 2.75) is 32.0 Å². The van der Waals surface area contributed by atoms with E-state index in [0.717, 1.165) is 52.1 Å². The van der Waals surface area contributed by atoms with Crippen LogP contribution in [0.3, 0.4) is 0 Å². The highest BCUT2D eigenvalue weighted by atomic mass is 19.1. The maximum atomic E-state index is 13.6. The molecular formula is C21H32FN3O3. The lowest BCUT2D eigenvalue weighted by atomic mass is 10.1. The van der Waals surface area contributed by atoms with E-state index in [4.69, 9.17) is 4.74 Å². The minimum Gasteiger partial charge on any atom is -0.389 e. The molecule has 0 spiro atoms. The van der Waals surface area contributed by atoms with Crippen molar-refractivity contribution in [1.82, 2.24) is 14.7 Å². The Morgan fingerprint density at radius 3 is 2.43 bits per heavy atom. The van der Waals surface area contributed by atoms with E-state index in [9.17, 15) is 14.3 Å². The fraction of sp³-hybridized carbons (Fsp3) is 0.667. The summed E-state index contributed by atoms with van der Waals surface area (Å²) in [7, 11) is 0. The van der Waals surface area contributed by atoms with Crippen molar-refractivity contribution in [2.24, 2.45) is 0 Å². The lowest BCUT2D eigenvalue weighted by Crippen LogP contribution is -2.52. The van der Waals surface area contributed by atoms with Crippen LogP contribution in [0.5, 0.6) is 0 Å². The van der Waals surface area contributed by atoms with Gasteiger partial charge in [0.15, 0.2) is 0 Å². The number of carbonyl (C=O) groups excluding carboxylic acids is 1. The van der Waals surface area contributed by atoms with Gasteiger partial charge < -0.3 is 14.7 Å². The lowest BCUT2D eigenvalue weighted by Gasteiger charge is -2.36. The van der Waals surface area contributed by atoms with Gasteiger partial charge in [-0.05, 0) is 25.3 Å². The molecule has 0 aromatic heterocycles. The number of rotatable bonds is 8. The number of benzene rings is 1. The summed E-state index contributed by atoms with van der Waals surface area (Å²) in [6.45, 7) is 6.52. The minimum atomic E-state index is -0.603. The normalized spacial score (nSPS) is 20.3. The van der Waals surface area contributed by atoms with Crippen LogP contribution in [0.1, 0.15) is 24.8 Å². The number of ether oxygens (including phenoxy) is 1. The number of halogens is 1. The zero-order chi connectivity index (χ0) is 19.8. The van der Waals surface area contributed by atoms with Crippen molar-refractivity contribution >= 4 is 5.91 Å². The molecule has 1 aromatic carbocycles. The summed E-state index contributed by atoms with van der Waals surface area (Å²) in [5, 5.41) is 10.2. The highest BCUT2D eigenvalue weighted by Crippen LogP contribution is 2.11. The first-order chi connectivity index (χ1) is 13.6. The lowest BCUT2D eigenvalue weighted by molar-refractivity contribution is -0.133. The summed E-state index contributed by atoms with van der Waals surface area (Å²) in [6.07, 6.45) is 2.87. The van der Waals surface area contributed by atoms with Crippen molar-refractivity contribution in [1.29, 1.82) is 0 Å². The molecule has 1 atom stereocenters. The Morgan fingerprint density at radius 2 is 1.71 bits per heavy atom. The van der Waals surface area contributed by atoms with E-state index < -0.39 is 6.10 Å². The first-order valence-corrected chi connectivity index (χ1v) is 10.3. The molecule has 2 aliphatic rings. The van der Waals surface area contributed by atoms with Gasteiger partial charge in [0.25, 0.3) is 0 Å². The number of hydrogen-bond donors (Lipinski definition) is 1. The number of aliphatic hydroxyl groups is 1. The predicted octanol–water partition coefficient (Wildman–Crippen LogP) is 1.33. The fourth-order valence-electron chi connectivity index (χ4n) is 3.84. The van der Waals surface area contributed by atoms with Crippen LogP contribution < -0.4 is 0 Å². The molecule has 1 unspecified atom stereocenters. The average Bonchev–Trinajstić information content (AvgIpc) is 2.71. The van der Waals surface area contributed by atoms with Gasteiger partial charge in [-0.15, -0.1) is 0 Å². The van der Waals surface area contributed by atoms with Gasteiger partial charge in [-0.25, -0.2) is 4.39 Å². The third kappa shape index (κ3) is 6.51. The predicted molar refractivity (Wildman–Crippen MR) is 105 cm³/mol. The molecule has 1 N–H and O–H groups in total. The number of carbonyl (C=O) groups is 1. The number of nitrogens with zero attached hydrogens (tertiary/aromatic N) is 3. The van der Waals surface area contributed by atoms with Gasteiger partial charge in [-0.1, -0.05) is 18.2 Å². The van der Waals surface area contributed by atoms with Gasteiger partial charge in [0.2, 0.25) is 5.91 Å². The van der Waals surface area contributed by atoms with E-state index in [1.54, 1.807) is 18.2 Å². The number of β-amino-alcohol motifs (C(OH)–C–C–N with tert-alkyl or cyclic N) is 1. The smallest absolute Gasteiger partial charge is 0.236 e. The highest BCUT2D eigenvalue weighted by molar-refractivity contribution is 5.78. The van der Waals surface area contributed by atoms with Crippen LogP contribution in [0, 0.1) is 5.82 Å². The second-order valence-corrected chi connectivity index (χ2v) is 7.78. The summed E-state index contributed by atoms with van der Waals surface area (Å²) in [5.74, 6) is -0.0399.